The number of ether oxygens (including phenoxy) is 7. The first-order valence-corrected chi connectivity index (χ1v) is 27.2. The molecule has 0 aliphatic carbocycles. The number of nitrogens with zero attached hydrogens (tertiary/aromatic N) is 5. The molecule has 75 heavy (non-hydrogen) atoms. The first kappa shape index (κ1) is 60.9. The number of aromatic amines is 1. The predicted octanol–water partition coefficient (Wildman–Crippen LogP) is 4.17. The molecular weight excluding hydrogens is 996 g/mol. The second-order valence-corrected chi connectivity index (χ2v) is 23.0. The van der Waals surface area contributed by atoms with Crippen molar-refractivity contribution in [3.8, 4) is 11.3 Å². The fourth-order valence-corrected chi connectivity index (χ4v) is 11.8. The molecule has 424 valence electrons. The Morgan fingerprint density at radius 3 is 2.29 bits per heavy atom. The zero-order valence-electron chi connectivity index (χ0n) is 46.0. The Balaban J connectivity index is 1.23. The molecule has 22 heteroatoms. The van der Waals surface area contributed by atoms with E-state index in [1.165, 1.54) is 25.8 Å². The van der Waals surface area contributed by atoms with E-state index in [0.717, 1.165) is 22.5 Å². The van der Waals surface area contributed by atoms with Crippen LogP contribution >= 0.6 is 11.3 Å². The summed E-state index contributed by atoms with van der Waals surface area (Å²) in [5.41, 5.74) is -1.76. The van der Waals surface area contributed by atoms with E-state index < -0.39 is 121 Å². The number of aromatic nitrogens is 4. The van der Waals surface area contributed by atoms with Crippen molar-refractivity contribution in [2.75, 3.05) is 48.1 Å². The van der Waals surface area contributed by atoms with E-state index in [2.05, 4.69) is 15.3 Å². The molecule has 5 heterocycles. The van der Waals surface area contributed by atoms with Gasteiger partial charge in [0.1, 0.15) is 48.8 Å². The lowest BCUT2D eigenvalue weighted by Crippen LogP contribution is -2.59. The van der Waals surface area contributed by atoms with Crippen molar-refractivity contribution in [1.29, 1.82) is 0 Å². The van der Waals surface area contributed by atoms with Crippen molar-refractivity contribution in [3.63, 3.8) is 0 Å². The summed E-state index contributed by atoms with van der Waals surface area (Å²) >= 11 is 1.08. The van der Waals surface area contributed by atoms with Crippen LogP contribution < -0.4 is 4.87 Å². The molecule has 6 N–H and O–H groups in total. The minimum absolute atomic E-state index is 0.0851. The Morgan fingerprint density at radius 2 is 1.68 bits per heavy atom. The molecule has 6 rings (SSSR count). The zero-order valence-corrected chi connectivity index (χ0v) is 46.8. The molecule has 0 saturated carbocycles. The smallest absolute Gasteiger partial charge is 0.311 e. The Bertz CT molecular complexity index is 2320. The second kappa shape index (κ2) is 25.6. The summed E-state index contributed by atoms with van der Waals surface area (Å²) in [7, 11) is 6.69. The van der Waals surface area contributed by atoms with Crippen LogP contribution in [0.15, 0.2) is 40.6 Å². The van der Waals surface area contributed by atoms with Crippen LogP contribution in [0.1, 0.15) is 118 Å². The molecular formula is C53H85FN6O14S. The molecule has 3 aliphatic heterocycles. The molecule has 1 aromatic carbocycles. The highest BCUT2D eigenvalue weighted by molar-refractivity contribution is 7.07. The van der Waals surface area contributed by atoms with E-state index in [1.807, 2.05) is 62.0 Å². The summed E-state index contributed by atoms with van der Waals surface area (Å²) < 4.78 is 60.1. The van der Waals surface area contributed by atoms with Gasteiger partial charge in [-0.25, -0.2) is 9.07 Å². The van der Waals surface area contributed by atoms with Gasteiger partial charge in [0.2, 0.25) is 0 Å². The molecule has 3 aliphatic rings. The molecule has 0 unspecified atom stereocenters. The molecule has 0 radical (unpaired) electrons. The highest BCUT2D eigenvalue weighted by atomic mass is 32.1. The molecule has 3 saturated heterocycles. The summed E-state index contributed by atoms with van der Waals surface area (Å²) in [5.74, 6) is -2.01. The molecule has 0 amide bonds. The van der Waals surface area contributed by atoms with Gasteiger partial charge in [-0.05, 0) is 98.9 Å². The third-order valence-corrected chi connectivity index (χ3v) is 16.9. The minimum Gasteiger partial charge on any atom is -0.459 e. The minimum atomic E-state index is -1.85. The van der Waals surface area contributed by atoms with Gasteiger partial charge in [-0.15, -0.1) is 5.10 Å². The van der Waals surface area contributed by atoms with Crippen molar-refractivity contribution in [2.45, 2.75) is 203 Å². The highest BCUT2D eigenvalue weighted by Crippen LogP contribution is 2.39. The van der Waals surface area contributed by atoms with E-state index in [9.17, 15) is 39.5 Å². The SMILES string of the molecule is CC[C@H]1OC(=O)[C@H](C)[C@@H](O[C@H]2C[C@@](C)(OC)[C@@H](O)[C@H](C)O2)C[C@@H](O[C@@H]2O[C@H](C)C[C@H](N(C)CCc3cn([C@H](CF)[C@H](OC)c4ccc(-c5csc(=O)[nH]5)cc4)nn3)[C@H]2O)[C@](C)(O)C[C@@H](C)CN(C)[C@H](C)[C@@H](O)[C@]1(C)O. The van der Waals surface area contributed by atoms with Crippen molar-refractivity contribution >= 4 is 17.3 Å². The quantitative estimate of drug-likeness (QED) is 0.110. The maximum atomic E-state index is 14.9. The van der Waals surface area contributed by atoms with Crippen molar-refractivity contribution in [3.05, 3.63) is 56.8 Å². The van der Waals surface area contributed by atoms with Gasteiger partial charge in [-0.1, -0.05) is 54.7 Å². The van der Waals surface area contributed by atoms with Crippen LogP contribution in [0.3, 0.4) is 0 Å². The maximum Gasteiger partial charge on any atom is 0.311 e. The fourth-order valence-electron chi connectivity index (χ4n) is 11.2. The lowest BCUT2D eigenvalue weighted by Gasteiger charge is -2.47. The summed E-state index contributed by atoms with van der Waals surface area (Å²) in [4.78, 5) is 32.6. The Morgan fingerprint density at radius 1 is 0.987 bits per heavy atom. The van der Waals surface area contributed by atoms with Crippen LogP contribution in [0.4, 0.5) is 4.39 Å². The van der Waals surface area contributed by atoms with Gasteiger partial charge in [0.15, 0.2) is 12.6 Å². The number of thiazole rings is 1. The molecule has 3 aromatic rings. The van der Waals surface area contributed by atoms with Gasteiger partial charge in [0.25, 0.3) is 0 Å². The Labute approximate surface area is 444 Å². The van der Waals surface area contributed by atoms with Gasteiger partial charge in [-0.2, -0.15) is 0 Å². The number of alkyl halides is 1. The number of nitrogens with one attached hydrogen (secondary N) is 1. The van der Waals surface area contributed by atoms with Crippen LogP contribution in [0.5, 0.6) is 0 Å². The van der Waals surface area contributed by atoms with Crippen molar-refractivity contribution in [2.24, 2.45) is 11.8 Å². The summed E-state index contributed by atoms with van der Waals surface area (Å²) in [6.45, 7) is 15.6. The van der Waals surface area contributed by atoms with Gasteiger partial charge >= 0.3 is 10.8 Å². The molecule has 0 spiro atoms. The number of hydrogen-bond acceptors (Lipinski definition) is 19. The molecule has 19 atom stereocenters. The van der Waals surface area contributed by atoms with E-state index in [4.69, 9.17) is 33.2 Å². The number of esters is 1. The summed E-state index contributed by atoms with van der Waals surface area (Å²) in [6, 6.07) is 5.43. The number of cyclic esters (lactones) is 1. The average molecular weight is 1080 g/mol. The number of hydrogen-bond donors (Lipinski definition) is 6. The fraction of sp³-hybridized carbons (Fsp3) is 0.774. The monoisotopic (exact) mass is 1080 g/mol. The lowest BCUT2D eigenvalue weighted by atomic mass is 9.83. The van der Waals surface area contributed by atoms with Gasteiger partial charge in [0.05, 0.1) is 52.9 Å². The first-order valence-electron chi connectivity index (χ1n) is 26.3. The number of H-pyrrole nitrogens is 1. The normalized spacial score (nSPS) is 37.9. The van der Waals surface area contributed by atoms with Crippen molar-refractivity contribution < 1.29 is 67.9 Å². The van der Waals surface area contributed by atoms with Crippen LogP contribution in [-0.4, -0.2) is 200 Å². The van der Waals surface area contributed by atoms with Crippen molar-refractivity contribution in [1.82, 2.24) is 29.8 Å². The van der Waals surface area contributed by atoms with Crippen LogP contribution in [0, 0.1) is 11.8 Å². The number of methoxy groups -OCH3 is 2. The van der Waals surface area contributed by atoms with E-state index in [-0.39, 0.29) is 36.5 Å². The first-order chi connectivity index (χ1) is 35.3. The molecule has 20 nitrogen and oxygen atoms in total. The number of halogens is 1. The molecule has 3 fully saturated rings. The number of carbonyl (C=O) groups excluding carboxylic acids is 1. The maximum absolute atomic E-state index is 14.9. The lowest BCUT2D eigenvalue weighted by molar-refractivity contribution is -0.308. The molecule has 2 aromatic heterocycles. The number of aliphatic hydroxyl groups excluding tert-OH is 3. The third kappa shape index (κ3) is 14.3. The number of aliphatic hydroxyl groups is 5. The second-order valence-electron chi connectivity index (χ2n) is 22.2. The summed E-state index contributed by atoms with van der Waals surface area (Å²) in [6.07, 6.45) is -8.14. The summed E-state index contributed by atoms with van der Waals surface area (Å²) in [5, 5.41) is 69.9. The number of benzene rings is 1. The highest BCUT2D eigenvalue weighted by Gasteiger charge is 2.51. The number of carbonyl (C=O) groups is 1. The third-order valence-electron chi connectivity index (χ3n) is 16.2. The predicted molar refractivity (Wildman–Crippen MR) is 277 cm³/mol. The zero-order chi connectivity index (χ0) is 55.3. The van der Waals surface area contributed by atoms with E-state index in [0.29, 0.717) is 37.3 Å². The topological polar surface area (TPSA) is 253 Å². The van der Waals surface area contributed by atoms with E-state index >= 15 is 0 Å². The standard InChI is InChI=1S/C53H85FN6O14S/c1-14-41-53(9,67)46(62)32(5)59(11)26-29(2)23-51(7,66)42(22-40(31(4)48(64)73-41)72-43-24-52(8,69-13)47(63)33(6)71-43)74-49-44(61)38(21-30(3)70-49)58(10)20-19-36-27-60(57-56-36)39(25-54)45(68-12)35-17-15-34(16-18-35)37-28-75-50(65)55-37/h15-18,27-33,38-47,49,61-63,66-67H,14,19-26H2,1-13H3,(H,55,65)/t29-,30-,31-,32-,33+,38+,39-,40+,41-,42-,43+,44-,45-,46-,47+,49+,51-,52-,53-/m1/s1. The van der Waals surface area contributed by atoms with Gasteiger partial charge in [0, 0.05) is 70.2 Å². The van der Waals surface area contributed by atoms with Crippen LogP contribution in [0.25, 0.3) is 11.3 Å². The average Bonchev–Trinajstić information content (AvgIpc) is 4.03. The Hall–Kier alpha value is -3.33. The van der Waals surface area contributed by atoms with Crippen LogP contribution in [0.2, 0.25) is 0 Å². The van der Waals surface area contributed by atoms with Crippen LogP contribution in [-0.2, 0) is 44.4 Å². The van der Waals surface area contributed by atoms with Gasteiger partial charge < -0.3 is 73.5 Å². The Kier molecular flexibility index (Phi) is 20.8. The van der Waals surface area contributed by atoms with E-state index in [1.54, 1.807) is 53.1 Å². The molecule has 0 bridgehead atoms. The number of likely N-dealkylation sites (N-methyl/N-ethyl adjacent to an activating group) is 2. The largest absolute Gasteiger partial charge is 0.459 e. The van der Waals surface area contributed by atoms with Gasteiger partial charge in [-0.3, -0.25) is 9.59 Å². The number of rotatable bonds is 16.